The number of imidazole rings is 1. The first-order valence-corrected chi connectivity index (χ1v) is 7.74. The molecule has 0 aromatic carbocycles. The van der Waals surface area contributed by atoms with Crippen molar-refractivity contribution in [1.29, 1.82) is 0 Å². The number of anilines is 1. The minimum Gasteiger partial charge on any atom is -0.367 e. The molecule has 0 bridgehead atoms. The number of piperidine rings is 1. The molecule has 10 heteroatoms. The Morgan fingerprint density at radius 2 is 2.00 bits per heavy atom. The first-order valence-electron chi connectivity index (χ1n) is 7.74. The van der Waals surface area contributed by atoms with Gasteiger partial charge in [-0.1, -0.05) is 0 Å². The second-order valence-electron chi connectivity index (χ2n) is 6.39. The predicted octanol–water partition coefficient (Wildman–Crippen LogP) is 0.474. The molecule has 3 aromatic heterocycles. The summed E-state index contributed by atoms with van der Waals surface area (Å²) in [5.74, 6) is -3.83. The van der Waals surface area contributed by atoms with E-state index in [9.17, 15) is 18.4 Å². The van der Waals surface area contributed by atoms with Gasteiger partial charge in [0.15, 0.2) is 5.65 Å². The first-order chi connectivity index (χ1) is 11.9. The molecular weight excluding hydrogens is 334 g/mol. The van der Waals surface area contributed by atoms with Gasteiger partial charge in [-0.15, -0.1) is 0 Å². The predicted molar refractivity (Wildman–Crippen MR) is 83.8 cm³/mol. The number of alkyl halides is 2. The van der Waals surface area contributed by atoms with Crippen molar-refractivity contribution in [2.75, 3.05) is 18.0 Å². The van der Waals surface area contributed by atoms with Gasteiger partial charge < -0.3 is 9.88 Å². The number of fused-ring (bicyclic) bond motifs is 2. The van der Waals surface area contributed by atoms with Crippen molar-refractivity contribution in [2.45, 2.75) is 5.92 Å². The van der Waals surface area contributed by atoms with E-state index >= 15 is 0 Å². The van der Waals surface area contributed by atoms with Gasteiger partial charge in [0.25, 0.3) is 11.5 Å². The van der Waals surface area contributed by atoms with Gasteiger partial charge in [0.1, 0.15) is 5.69 Å². The molecule has 0 radical (unpaired) electrons. The van der Waals surface area contributed by atoms with Crippen LogP contribution in [-0.2, 0) is 0 Å². The van der Waals surface area contributed by atoms with Crippen molar-refractivity contribution < 1.29 is 8.78 Å². The second kappa shape index (κ2) is 4.52. The number of H-pyrrole nitrogens is 2. The van der Waals surface area contributed by atoms with Crippen LogP contribution in [0.15, 0.2) is 34.2 Å². The summed E-state index contributed by atoms with van der Waals surface area (Å²) in [6.07, 6.45) is 4.46. The summed E-state index contributed by atoms with van der Waals surface area (Å²) in [6.45, 7) is 0.483. The lowest BCUT2D eigenvalue weighted by Gasteiger charge is -2.22. The molecule has 0 spiro atoms. The third-order valence-electron chi connectivity index (χ3n) is 4.98. The molecule has 128 valence electrons. The Balaban J connectivity index is 1.63. The number of aromatic amines is 2. The van der Waals surface area contributed by atoms with Crippen LogP contribution >= 0.6 is 0 Å². The highest BCUT2D eigenvalue weighted by Crippen LogP contribution is 2.59. The zero-order valence-corrected chi connectivity index (χ0v) is 12.7. The summed E-state index contributed by atoms with van der Waals surface area (Å²) >= 11 is 0. The minimum absolute atomic E-state index is 0.186. The van der Waals surface area contributed by atoms with Gasteiger partial charge in [0, 0.05) is 31.7 Å². The molecule has 1 saturated heterocycles. The molecule has 2 fully saturated rings. The van der Waals surface area contributed by atoms with Crippen molar-refractivity contribution in [3.8, 4) is 11.3 Å². The monoisotopic (exact) mass is 346 g/mol. The molecule has 5 rings (SSSR count). The molecule has 8 nitrogen and oxygen atoms in total. The van der Waals surface area contributed by atoms with E-state index in [-0.39, 0.29) is 18.7 Å². The van der Waals surface area contributed by atoms with E-state index in [1.54, 1.807) is 18.5 Å². The third kappa shape index (κ3) is 1.96. The Morgan fingerprint density at radius 3 is 2.72 bits per heavy atom. The van der Waals surface area contributed by atoms with Crippen LogP contribution in [0, 0.1) is 11.8 Å². The van der Waals surface area contributed by atoms with Crippen LogP contribution in [0.1, 0.15) is 0 Å². The van der Waals surface area contributed by atoms with Crippen molar-refractivity contribution in [3.63, 3.8) is 0 Å². The molecule has 4 heterocycles. The molecule has 25 heavy (non-hydrogen) atoms. The van der Waals surface area contributed by atoms with Gasteiger partial charge >= 0.3 is 5.69 Å². The average molecular weight is 346 g/mol. The van der Waals surface area contributed by atoms with Gasteiger partial charge in [0.05, 0.1) is 23.1 Å². The molecule has 1 aliphatic heterocycles. The fourth-order valence-electron chi connectivity index (χ4n) is 3.57. The molecule has 2 atom stereocenters. The fraction of sp³-hybridized carbons (Fsp3) is 0.333. The highest BCUT2D eigenvalue weighted by atomic mass is 19.3. The molecule has 0 amide bonds. The molecular formula is C15H12F2N6O2. The molecule has 1 saturated carbocycles. The number of halogens is 2. The van der Waals surface area contributed by atoms with Crippen LogP contribution in [-0.4, -0.2) is 43.6 Å². The standard InChI is InChI=1S/C15H12F2N6O2/c16-15(17)8-5-22(6-9(8)15)11-3-10(21-23-2-1-18-12(11)23)7-4-19-14(25)20-13(7)24/h1-4,8-9H,5-6H2,(H2,19,20,24,25). The normalized spacial score (nSPS) is 23.8. The number of hydrogen-bond donors (Lipinski definition) is 2. The quantitative estimate of drug-likeness (QED) is 0.703. The first kappa shape index (κ1) is 14.3. The Bertz CT molecular complexity index is 1100. The summed E-state index contributed by atoms with van der Waals surface area (Å²) in [6, 6.07) is 1.65. The van der Waals surface area contributed by atoms with Gasteiger partial charge in [0.2, 0.25) is 0 Å². The summed E-state index contributed by atoms with van der Waals surface area (Å²) in [5, 5.41) is 4.32. The molecule has 3 aromatic rings. The Morgan fingerprint density at radius 1 is 1.24 bits per heavy atom. The Hall–Kier alpha value is -3.04. The van der Waals surface area contributed by atoms with E-state index in [1.165, 1.54) is 10.7 Å². The summed E-state index contributed by atoms with van der Waals surface area (Å²) < 4.78 is 28.5. The number of rotatable bonds is 2. The van der Waals surface area contributed by atoms with Crippen LogP contribution in [0.5, 0.6) is 0 Å². The zero-order chi connectivity index (χ0) is 17.3. The summed E-state index contributed by atoms with van der Waals surface area (Å²) in [5.41, 5.74) is 0.506. The lowest BCUT2D eigenvalue weighted by atomic mass is 10.2. The third-order valence-corrected chi connectivity index (χ3v) is 4.98. The van der Waals surface area contributed by atoms with E-state index in [4.69, 9.17) is 0 Å². The summed E-state index contributed by atoms with van der Waals surface area (Å²) in [7, 11) is 0. The highest BCUT2D eigenvalue weighted by Gasteiger charge is 2.71. The number of hydrogen-bond acceptors (Lipinski definition) is 5. The van der Waals surface area contributed by atoms with Gasteiger partial charge in [-0.05, 0) is 6.07 Å². The molecule has 2 aliphatic rings. The Kier molecular flexibility index (Phi) is 2.59. The smallest absolute Gasteiger partial charge is 0.325 e. The van der Waals surface area contributed by atoms with Crippen LogP contribution in [0.25, 0.3) is 16.9 Å². The maximum atomic E-state index is 13.5. The zero-order valence-electron chi connectivity index (χ0n) is 12.7. The molecule has 1 aliphatic carbocycles. The topological polar surface area (TPSA) is 99.2 Å². The van der Waals surface area contributed by atoms with Crippen LogP contribution in [0.2, 0.25) is 0 Å². The largest absolute Gasteiger partial charge is 0.367 e. The van der Waals surface area contributed by atoms with Gasteiger partial charge in [-0.3, -0.25) is 9.78 Å². The van der Waals surface area contributed by atoms with E-state index in [2.05, 4.69) is 20.1 Å². The maximum absolute atomic E-state index is 13.5. The van der Waals surface area contributed by atoms with Crippen molar-refractivity contribution in [1.82, 2.24) is 24.6 Å². The van der Waals surface area contributed by atoms with Crippen molar-refractivity contribution in [3.05, 3.63) is 45.5 Å². The van der Waals surface area contributed by atoms with Crippen LogP contribution < -0.4 is 16.1 Å². The van der Waals surface area contributed by atoms with E-state index in [1.807, 2.05) is 4.90 Å². The average Bonchev–Trinajstić information content (AvgIpc) is 3.03. The summed E-state index contributed by atoms with van der Waals surface area (Å²) in [4.78, 5) is 33.9. The van der Waals surface area contributed by atoms with Crippen LogP contribution in [0.3, 0.4) is 0 Å². The molecule has 2 unspecified atom stereocenters. The van der Waals surface area contributed by atoms with E-state index in [0.717, 1.165) is 0 Å². The fourth-order valence-corrected chi connectivity index (χ4v) is 3.57. The Labute approximate surface area is 138 Å². The second-order valence-corrected chi connectivity index (χ2v) is 6.39. The lowest BCUT2D eigenvalue weighted by Crippen LogP contribution is -2.28. The number of aromatic nitrogens is 5. The van der Waals surface area contributed by atoms with Crippen molar-refractivity contribution in [2.24, 2.45) is 11.8 Å². The molecule has 2 N–H and O–H groups in total. The highest BCUT2D eigenvalue weighted by molar-refractivity contribution is 5.75. The van der Waals surface area contributed by atoms with E-state index < -0.39 is 29.0 Å². The lowest BCUT2D eigenvalue weighted by molar-refractivity contribution is 0.0798. The van der Waals surface area contributed by atoms with Gasteiger partial charge in [-0.2, -0.15) is 5.10 Å². The maximum Gasteiger partial charge on any atom is 0.325 e. The minimum atomic E-state index is -2.58. The number of nitrogens with zero attached hydrogens (tertiary/aromatic N) is 4. The van der Waals surface area contributed by atoms with Crippen LogP contribution in [0.4, 0.5) is 14.5 Å². The van der Waals surface area contributed by atoms with E-state index in [0.29, 0.717) is 17.0 Å². The van der Waals surface area contributed by atoms with Crippen molar-refractivity contribution >= 4 is 11.3 Å². The number of nitrogens with one attached hydrogen (secondary N) is 2. The SMILES string of the molecule is O=c1[nH]cc(-c2cc(N3CC4C(C3)C4(F)F)c3nccn3n2)c(=O)[nH]1. The van der Waals surface area contributed by atoms with Gasteiger partial charge in [-0.25, -0.2) is 23.1 Å².